The first-order valence-electron chi connectivity index (χ1n) is 11.1. The lowest BCUT2D eigenvalue weighted by Crippen LogP contribution is -2.50. The van der Waals surface area contributed by atoms with E-state index >= 15 is 0 Å². The number of anilines is 2. The molecule has 2 aromatic carbocycles. The van der Waals surface area contributed by atoms with Crippen LogP contribution in [0.1, 0.15) is 12.0 Å². The first-order chi connectivity index (χ1) is 16.4. The van der Waals surface area contributed by atoms with Gasteiger partial charge in [0.25, 0.3) is 0 Å². The van der Waals surface area contributed by atoms with Crippen molar-refractivity contribution in [1.82, 2.24) is 25.3 Å². The maximum absolute atomic E-state index is 12.6. The molecule has 1 aliphatic rings. The van der Waals surface area contributed by atoms with E-state index in [2.05, 4.69) is 42.9 Å². The lowest BCUT2D eigenvalue weighted by molar-refractivity contribution is 0.281. The molecule has 0 amide bonds. The standard InChI is InChI=1S/C23H31N7O3S/c1-24-30(25-2)34(31,32)28-22-9-5-7-18(23(22)33-3)15-29-13-11-19(16-29)27-21-8-4-6-17-14-26-12-10-20(17)21/h4-10,12,14,19,24-25,27-28H,11,13,15-16H2,1-3H3/t19-/m1/s1. The molecule has 10 nitrogen and oxygen atoms in total. The summed E-state index contributed by atoms with van der Waals surface area (Å²) in [6.07, 6.45) is 4.70. The molecule has 2 heterocycles. The molecule has 1 aliphatic heterocycles. The van der Waals surface area contributed by atoms with Gasteiger partial charge in [-0.25, -0.2) is 10.9 Å². The highest BCUT2D eigenvalue weighted by Gasteiger charge is 2.26. The SMILES string of the molecule is CNN(NC)S(=O)(=O)Nc1cccc(CN2CC[C@@H](Nc3cccc4cnccc34)C2)c1OC. The van der Waals surface area contributed by atoms with E-state index in [1.54, 1.807) is 13.2 Å². The van der Waals surface area contributed by atoms with Gasteiger partial charge in [-0.3, -0.25) is 14.6 Å². The Morgan fingerprint density at radius 2 is 1.88 bits per heavy atom. The van der Waals surface area contributed by atoms with E-state index in [1.165, 1.54) is 14.1 Å². The molecule has 1 fully saturated rings. The minimum absolute atomic E-state index is 0.311. The lowest BCUT2D eigenvalue weighted by atomic mass is 10.1. The van der Waals surface area contributed by atoms with E-state index in [1.807, 2.05) is 36.7 Å². The van der Waals surface area contributed by atoms with E-state index in [-0.39, 0.29) is 0 Å². The molecule has 3 aromatic rings. The molecule has 34 heavy (non-hydrogen) atoms. The number of hydrogen-bond donors (Lipinski definition) is 4. The molecule has 0 unspecified atom stereocenters. The Morgan fingerprint density at radius 1 is 1.12 bits per heavy atom. The van der Waals surface area contributed by atoms with Crippen molar-refractivity contribution in [3.63, 3.8) is 0 Å². The number of rotatable bonds is 10. The van der Waals surface area contributed by atoms with Crippen molar-refractivity contribution in [3.05, 3.63) is 60.4 Å². The van der Waals surface area contributed by atoms with Gasteiger partial charge in [-0.15, -0.1) is 0 Å². The second-order valence-corrected chi connectivity index (χ2v) is 9.60. The van der Waals surface area contributed by atoms with E-state index in [0.717, 1.165) is 46.1 Å². The van der Waals surface area contributed by atoms with Crippen molar-refractivity contribution in [2.45, 2.75) is 19.0 Å². The summed E-state index contributed by atoms with van der Waals surface area (Å²) >= 11 is 0. The molecule has 0 aliphatic carbocycles. The Balaban J connectivity index is 1.46. The monoisotopic (exact) mass is 485 g/mol. The maximum atomic E-state index is 12.6. The minimum Gasteiger partial charge on any atom is -0.494 e. The number of pyridine rings is 1. The van der Waals surface area contributed by atoms with Gasteiger partial charge < -0.3 is 10.1 Å². The van der Waals surface area contributed by atoms with Crippen LogP contribution in [0.15, 0.2) is 54.9 Å². The Kier molecular flexibility index (Phi) is 7.49. The smallest absolute Gasteiger partial charge is 0.328 e. The second-order valence-electron chi connectivity index (χ2n) is 8.08. The molecule has 1 saturated heterocycles. The van der Waals surface area contributed by atoms with Crippen LogP contribution in [0.25, 0.3) is 10.8 Å². The average Bonchev–Trinajstić information content (AvgIpc) is 3.26. The van der Waals surface area contributed by atoms with E-state index in [4.69, 9.17) is 4.74 Å². The molecule has 0 radical (unpaired) electrons. The summed E-state index contributed by atoms with van der Waals surface area (Å²) in [5.41, 5.74) is 7.55. The first kappa shape index (κ1) is 24.2. The van der Waals surface area contributed by atoms with Crippen LogP contribution in [0, 0.1) is 0 Å². The van der Waals surface area contributed by atoms with Crippen molar-refractivity contribution in [1.29, 1.82) is 0 Å². The zero-order valence-electron chi connectivity index (χ0n) is 19.6. The lowest BCUT2D eigenvalue weighted by Gasteiger charge is -2.23. The predicted octanol–water partition coefficient (Wildman–Crippen LogP) is 2.16. The van der Waals surface area contributed by atoms with Crippen molar-refractivity contribution in [2.24, 2.45) is 0 Å². The summed E-state index contributed by atoms with van der Waals surface area (Å²) in [5, 5.41) is 5.96. The van der Waals surface area contributed by atoms with Gasteiger partial charge >= 0.3 is 10.2 Å². The number of benzene rings is 2. The first-order valence-corrected chi connectivity index (χ1v) is 12.5. The van der Waals surface area contributed by atoms with Crippen molar-refractivity contribution < 1.29 is 13.2 Å². The van der Waals surface area contributed by atoms with Gasteiger partial charge in [-0.1, -0.05) is 28.8 Å². The fourth-order valence-electron chi connectivity index (χ4n) is 4.37. The zero-order chi connectivity index (χ0) is 24.1. The van der Waals surface area contributed by atoms with Crippen molar-refractivity contribution in [3.8, 4) is 5.75 Å². The van der Waals surface area contributed by atoms with Gasteiger partial charge in [0, 0.05) is 74.2 Å². The highest BCUT2D eigenvalue weighted by atomic mass is 32.2. The van der Waals surface area contributed by atoms with Crippen molar-refractivity contribution >= 4 is 32.4 Å². The number of methoxy groups -OCH3 is 1. The minimum atomic E-state index is -3.86. The summed E-state index contributed by atoms with van der Waals surface area (Å²) in [7, 11) is 0.710. The van der Waals surface area contributed by atoms with Crippen LogP contribution in [0.5, 0.6) is 5.75 Å². The number of fused-ring (bicyclic) bond motifs is 1. The van der Waals surface area contributed by atoms with Gasteiger partial charge in [0.2, 0.25) is 0 Å². The molecule has 4 rings (SSSR count). The van der Waals surface area contributed by atoms with Gasteiger partial charge in [0.1, 0.15) is 5.75 Å². The third-order valence-electron chi connectivity index (χ3n) is 5.89. The third-order valence-corrected chi connectivity index (χ3v) is 7.22. The van der Waals surface area contributed by atoms with Crippen LogP contribution in [0.4, 0.5) is 11.4 Å². The van der Waals surface area contributed by atoms with Crippen LogP contribution in [0.3, 0.4) is 0 Å². The number of para-hydroxylation sites is 1. The van der Waals surface area contributed by atoms with Crippen LogP contribution in [-0.2, 0) is 16.8 Å². The largest absolute Gasteiger partial charge is 0.494 e. The number of likely N-dealkylation sites (tertiary alicyclic amines) is 1. The van der Waals surface area contributed by atoms with Gasteiger partial charge in [-0.2, -0.15) is 8.42 Å². The van der Waals surface area contributed by atoms with E-state index in [0.29, 0.717) is 24.0 Å². The summed E-state index contributed by atoms with van der Waals surface area (Å²) in [6.45, 7) is 2.45. The molecular weight excluding hydrogens is 454 g/mol. The van der Waals surface area contributed by atoms with Crippen LogP contribution < -0.4 is 25.6 Å². The van der Waals surface area contributed by atoms with Gasteiger partial charge in [0.05, 0.1) is 12.8 Å². The Hall–Kier alpha value is -2.96. The third kappa shape index (κ3) is 5.24. The van der Waals surface area contributed by atoms with Crippen LogP contribution in [0.2, 0.25) is 0 Å². The molecular formula is C23H31N7O3S. The molecule has 182 valence electrons. The Labute approximate surface area is 200 Å². The van der Waals surface area contributed by atoms with Crippen LogP contribution in [-0.4, -0.2) is 63.2 Å². The average molecular weight is 486 g/mol. The number of hydrogen-bond acceptors (Lipinski definition) is 8. The number of aromatic nitrogens is 1. The van der Waals surface area contributed by atoms with Crippen molar-refractivity contribution in [2.75, 3.05) is 44.3 Å². The fourth-order valence-corrected chi connectivity index (χ4v) is 5.38. The molecule has 0 bridgehead atoms. The number of nitrogens with one attached hydrogen (secondary N) is 4. The number of hydrazine groups is 2. The summed E-state index contributed by atoms with van der Waals surface area (Å²) in [5.74, 6) is 0.510. The summed E-state index contributed by atoms with van der Waals surface area (Å²) in [6, 6.07) is 14.0. The van der Waals surface area contributed by atoms with Gasteiger partial charge in [0.15, 0.2) is 0 Å². The highest BCUT2D eigenvalue weighted by molar-refractivity contribution is 7.90. The molecule has 4 N–H and O–H groups in total. The molecule has 0 spiro atoms. The molecule has 1 atom stereocenters. The predicted molar refractivity (Wildman–Crippen MR) is 135 cm³/mol. The normalized spacial score (nSPS) is 16.8. The number of ether oxygens (including phenoxy) is 1. The Morgan fingerprint density at radius 3 is 2.65 bits per heavy atom. The van der Waals surface area contributed by atoms with Gasteiger partial charge in [-0.05, 0) is 24.6 Å². The number of nitrogens with zero attached hydrogens (tertiary/aromatic N) is 3. The molecule has 1 aromatic heterocycles. The summed E-state index contributed by atoms with van der Waals surface area (Å²) in [4.78, 5) is 6.55. The quantitative estimate of drug-likeness (QED) is 0.324. The van der Waals surface area contributed by atoms with E-state index in [9.17, 15) is 8.42 Å². The Bertz CT molecular complexity index is 1230. The molecule has 0 saturated carbocycles. The fraction of sp³-hybridized carbons (Fsp3) is 0.348. The molecule has 11 heteroatoms. The van der Waals surface area contributed by atoms with E-state index < -0.39 is 10.2 Å². The summed E-state index contributed by atoms with van der Waals surface area (Å²) < 4.78 is 34.3. The maximum Gasteiger partial charge on any atom is 0.328 e. The zero-order valence-corrected chi connectivity index (χ0v) is 20.4. The topological polar surface area (TPSA) is 111 Å². The highest BCUT2D eigenvalue weighted by Crippen LogP contribution is 2.32. The van der Waals surface area contributed by atoms with Crippen LogP contribution >= 0.6 is 0 Å². The second kappa shape index (κ2) is 10.5.